The highest BCUT2D eigenvalue weighted by Crippen LogP contribution is 2.24. The van der Waals surface area contributed by atoms with Crippen molar-refractivity contribution in [2.75, 3.05) is 0 Å². The highest BCUT2D eigenvalue weighted by Gasteiger charge is 2.24. The molecule has 0 heterocycles. The van der Waals surface area contributed by atoms with Crippen molar-refractivity contribution in [1.82, 2.24) is 0 Å². The number of carboxylic acids is 2. The van der Waals surface area contributed by atoms with Crippen LogP contribution in [0, 0.1) is 11.8 Å². The van der Waals surface area contributed by atoms with E-state index in [9.17, 15) is 14.7 Å². The van der Waals surface area contributed by atoms with Crippen LogP contribution in [0.15, 0.2) is 0 Å². The molecule has 0 rings (SSSR count). The van der Waals surface area contributed by atoms with E-state index in [-0.39, 0.29) is 12.3 Å². The summed E-state index contributed by atoms with van der Waals surface area (Å²) in [4.78, 5) is 22.1. The minimum atomic E-state index is -0.842. The van der Waals surface area contributed by atoms with Gasteiger partial charge < -0.3 is 10.2 Å². The molecule has 32 heavy (non-hydrogen) atoms. The minimum absolute atomic E-state index is 0.0652. The molecule has 0 bridgehead atoms. The minimum Gasteiger partial charge on any atom is -0.481 e. The third-order valence-electron chi connectivity index (χ3n) is 6.92. The zero-order valence-corrected chi connectivity index (χ0v) is 21.4. The van der Waals surface area contributed by atoms with Crippen molar-refractivity contribution in [2.24, 2.45) is 11.8 Å². The quantitative estimate of drug-likeness (QED) is 0.135. The number of hydrogen-bond acceptors (Lipinski definition) is 2. The van der Waals surface area contributed by atoms with Crippen molar-refractivity contribution < 1.29 is 19.8 Å². The van der Waals surface area contributed by atoms with E-state index in [4.69, 9.17) is 5.11 Å². The van der Waals surface area contributed by atoms with Crippen molar-refractivity contribution in [1.29, 1.82) is 0 Å². The number of carbonyl (C=O) groups is 2. The standard InChI is InChI=1S/C28H54O4/c1-3-4-5-6-7-8-9-10-11-12-13-14-15-16-17-18-19-20-22-25(2)26(28(31)32)23-21-24-27(29)30/h25-26H,3-24H2,1-2H3,(H,29,30)(H,31,32). The summed E-state index contributed by atoms with van der Waals surface area (Å²) in [6.07, 6.45) is 26.4. The van der Waals surface area contributed by atoms with Gasteiger partial charge >= 0.3 is 11.9 Å². The monoisotopic (exact) mass is 454 g/mol. The lowest BCUT2D eigenvalue weighted by molar-refractivity contribution is -0.144. The summed E-state index contributed by atoms with van der Waals surface area (Å²) in [5.74, 6) is -1.89. The normalized spacial score (nSPS) is 13.2. The fourth-order valence-corrected chi connectivity index (χ4v) is 4.69. The van der Waals surface area contributed by atoms with Gasteiger partial charge in [-0.2, -0.15) is 0 Å². The predicted octanol–water partition coefficient (Wildman–Crippen LogP) is 9.01. The molecule has 0 amide bonds. The number of unbranched alkanes of at least 4 members (excludes halogenated alkanes) is 17. The Morgan fingerprint density at radius 2 is 0.938 bits per heavy atom. The molecule has 0 aromatic heterocycles. The first-order valence-corrected chi connectivity index (χ1v) is 13.9. The van der Waals surface area contributed by atoms with Crippen LogP contribution in [0.2, 0.25) is 0 Å². The predicted molar refractivity (Wildman–Crippen MR) is 135 cm³/mol. The fourth-order valence-electron chi connectivity index (χ4n) is 4.69. The molecule has 2 atom stereocenters. The van der Waals surface area contributed by atoms with Gasteiger partial charge in [-0.3, -0.25) is 9.59 Å². The molecule has 0 fully saturated rings. The highest BCUT2D eigenvalue weighted by atomic mass is 16.4. The van der Waals surface area contributed by atoms with E-state index in [0.717, 1.165) is 12.8 Å². The summed E-state index contributed by atoms with van der Waals surface area (Å²) in [5, 5.41) is 18.1. The third-order valence-corrected chi connectivity index (χ3v) is 6.92. The zero-order valence-electron chi connectivity index (χ0n) is 21.4. The molecular weight excluding hydrogens is 400 g/mol. The number of hydrogen-bond donors (Lipinski definition) is 2. The first-order valence-electron chi connectivity index (χ1n) is 13.9. The largest absolute Gasteiger partial charge is 0.481 e. The van der Waals surface area contributed by atoms with Crippen molar-refractivity contribution in [2.45, 2.75) is 155 Å². The summed E-state index contributed by atoms with van der Waals surface area (Å²) in [7, 11) is 0. The lowest BCUT2D eigenvalue weighted by Gasteiger charge is -2.19. The van der Waals surface area contributed by atoms with Gasteiger partial charge in [-0.25, -0.2) is 0 Å². The second-order valence-electron chi connectivity index (χ2n) is 10.0. The first-order chi connectivity index (χ1) is 15.5. The third kappa shape index (κ3) is 20.8. The van der Waals surface area contributed by atoms with E-state index >= 15 is 0 Å². The van der Waals surface area contributed by atoms with Gasteiger partial charge in [0.05, 0.1) is 5.92 Å². The van der Waals surface area contributed by atoms with E-state index in [1.54, 1.807) is 0 Å². The van der Waals surface area contributed by atoms with Crippen LogP contribution in [-0.4, -0.2) is 22.2 Å². The molecule has 190 valence electrons. The Bertz CT molecular complexity index is 435. The van der Waals surface area contributed by atoms with E-state index in [2.05, 4.69) is 6.92 Å². The zero-order chi connectivity index (χ0) is 23.9. The highest BCUT2D eigenvalue weighted by molar-refractivity contribution is 5.70. The smallest absolute Gasteiger partial charge is 0.306 e. The lowest BCUT2D eigenvalue weighted by Crippen LogP contribution is -2.22. The molecule has 0 aliphatic carbocycles. The van der Waals surface area contributed by atoms with Gasteiger partial charge in [-0.15, -0.1) is 0 Å². The second kappa shape index (κ2) is 23.1. The van der Waals surface area contributed by atoms with Gasteiger partial charge in [-0.1, -0.05) is 129 Å². The summed E-state index contributed by atoms with van der Waals surface area (Å²) >= 11 is 0. The van der Waals surface area contributed by atoms with E-state index in [1.165, 1.54) is 109 Å². The molecule has 0 spiro atoms. The summed E-state index contributed by atoms with van der Waals surface area (Å²) in [6.45, 7) is 4.28. The van der Waals surface area contributed by atoms with Crippen LogP contribution in [0.5, 0.6) is 0 Å². The van der Waals surface area contributed by atoms with Crippen LogP contribution >= 0.6 is 0 Å². The Kier molecular flexibility index (Phi) is 22.3. The summed E-state index contributed by atoms with van der Waals surface area (Å²) < 4.78 is 0. The Balaban J connectivity index is 3.42. The Morgan fingerprint density at radius 1 is 0.562 bits per heavy atom. The van der Waals surface area contributed by atoms with Crippen LogP contribution in [0.3, 0.4) is 0 Å². The Morgan fingerprint density at radius 3 is 1.28 bits per heavy atom. The van der Waals surface area contributed by atoms with Gasteiger partial charge in [-0.05, 0) is 25.2 Å². The molecule has 0 aromatic carbocycles. The average Bonchev–Trinajstić information content (AvgIpc) is 2.75. The maximum absolute atomic E-state index is 11.5. The summed E-state index contributed by atoms with van der Waals surface area (Å²) in [5.41, 5.74) is 0. The molecule has 4 heteroatoms. The van der Waals surface area contributed by atoms with E-state index in [0.29, 0.717) is 12.8 Å². The fraction of sp³-hybridized carbons (Fsp3) is 0.929. The van der Waals surface area contributed by atoms with Crippen molar-refractivity contribution >= 4 is 11.9 Å². The summed E-state index contributed by atoms with van der Waals surface area (Å²) in [6, 6.07) is 0. The van der Waals surface area contributed by atoms with Gasteiger partial charge in [0.15, 0.2) is 0 Å². The molecule has 0 aliphatic rings. The Hall–Kier alpha value is -1.06. The van der Waals surface area contributed by atoms with Crippen LogP contribution in [0.25, 0.3) is 0 Å². The molecule has 2 N–H and O–H groups in total. The van der Waals surface area contributed by atoms with Crippen LogP contribution in [-0.2, 0) is 9.59 Å². The van der Waals surface area contributed by atoms with Gasteiger partial charge in [0.1, 0.15) is 0 Å². The molecule has 0 aromatic rings. The SMILES string of the molecule is CCCCCCCCCCCCCCCCCCCCC(C)C(CCCC(=O)O)C(=O)O. The maximum atomic E-state index is 11.5. The Labute approximate surface area is 199 Å². The number of carboxylic acid groups (broad SMARTS) is 2. The van der Waals surface area contributed by atoms with Gasteiger partial charge in [0.25, 0.3) is 0 Å². The van der Waals surface area contributed by atoms with Crippen LogP contribution < -0.4 is 0 Å². The molecule has 2 unspecified atom stereocenters. The number of rotatable bonds is 25. The second-order valence-corrected chi connectivity index (χ2v) is 10.0. The molecular formula is C28H54O4. The van der Waals surface area contributed by atoms with Crippen LogP contribution in [0.4, 0.5) is 0 Å². The van der Waals surface area contributed by atoms with E-state index in [1.807, 2.05) is 6.92 Å². The molecule has 4 nitrogen and oxygen atoms in total. The van der Waals surface area contributed by atoms with Crippen molar-refractivity contribution in [3.63, 3.8) is 0 Å². The maximum Gasteiger partial charge on any atom is 0.306 e. The molecule has 0 radical (unpaired) electrons. The molecule has 0 saturated heterocycles. The average molecular weight is 455 g/mol. The van der Waals surface area contributed by atoms with E-state index < -0.39 is 17.9 Å². The van der Waals surface area contributed by atoms with Gasteiger partial charge in [0, 0.05) is 6.42 Å². The van der Waals surface area contributed by atoms with Crippen molar-refractivity contribution in [3.8, 4) is 0 Å². The lowest BCUT2D eigenvalue weighted by atomic mass is 9.85. The molecule has 0 saturated carbocycles. The van der Waals surface area contributed by atoms with Crippen LogP contribution in [0.1, 0.15) is 155 Å². The first kappa shape index (κ1) is 30.9. The topological polar surface area (TPSA) is 74.6 Å². The van der Waals surface area contributed by atoms with Gasteiger partial charge in [0.2, 0.25) is 0 Å². The number of aliphatic carboxylic acids is 2. The van der Waals surface area contributed by atoms with Crippen molar-refractivity contribution in [3.05, 3.63) is 0 Å². The molecule has 0 aliphatic heterocycles.